The highest BCUT2D eigenvalue weighted by atomic mass is 35.5. The molecule has 18 heavy (non-hydrogen) atoms. The molecular formula is C13H14ClN3O. The molecule has 0 bridgehead atoms. The molecule has 1 aliphatic rings. The van der Waals surface area contributed by atoms with Gasteiger partial charge in [-0.3, -0.25) is 0 Å². The van der Waals surface area contributed by atoms with Gasteiger partial charge in [0.1, 0.15) is 0 Å². The van der Waals surface area contributed by atoms with Crippen molar-refractivity contribution in [3.8, 4) is 0 Å². The van der Waals surface area contributed by atoms with Crippen molar-refractivity contribution in [2.75, 3.05) is 11.9 Å². The van der Waals surface area contributed by atoms with E-state index in [9.17, 15) is 0 Å². The summed E-state index contributed by atoms with van der Waals surface area (Å²) >= 11 is 6.05. The highest BCUT2D eigenvalue weighted by Crippen LogP contribution is 2.27. The molecule has 0 amide bonds. The minimum absolute atomic E-state index is 0.196. The first-order valence-electron chi connectivity index (χ1n) is 6.05. The van der Waals surface area contributed by atoms with Crippen LogP contribution in [0.25, 0.3) is 10.8 Å². The zero-order valence-corrected chi connectivity index (χ0v) is 10.8. The van der Waals surface area contributed by atoms with Gasteiger partial charge in [-0.25, -0.2) is 0 Å². The van der Waals surface area contributed by atoms with E-state index >= 15 is 0 Å². The predicted molar refractivity (Wildman–Crippen MR) is 72.0 cm³/mol. The lowest BCUT2D eigenvalue weighted by molar-refractivity contribution is 0.121. The van der Waals surface area contributed by atoms with Crippen LogP contribution in [0.1, 0.15) is 13.3 Å². The summed E-state index contributed by atoms with van der Waals surface area (Å²) in [5.74, 6) is 0.775. The van der Waals surface area contributed by atoms with E-state index in [1.807, 2.05) is 24.3 Å². The third kappa shape index (κ3) is 2.02. The van der Waals surface area contributed by atoms with Crippen LogP contribution in [-0.4, -0.2) is 29.0 Å². The average molecular weight is 264 g/mol. The Morgan fingerprint density at radius 3 is 2.78 bits per heavy atom. The van der Waals surface area contributed by atoms with Gasteiger partial charge in [-0.2, -0.15) is 0 Å². The summed E-state index contributed by atoms with van der Waals surface area (Å²) in [7, 11) is 0. The van der Waals surface area contributed by atoms with Crippen molar-refractivity contribution in [2.24, 2.45) is 0 Å². The molecule has 2 aromatic rings. The van der Waals surface area contributed by atoms with Gasteiger partial charge in [-0.15, -0.1) is 10.2 Å². The fourth-order valence-electron chi connectivity index (χ4n) is 2.27. The van der Waals surface area contributed by atoms with Gasteiger partial charge in [-0.05, 0) is 13.3 Å². The van der Waals surface area contributed by atoms with Gasteiger partial charge in [0.05, 0.1) is 12.1 Å². The van der Waals surface area contributed by atoms with E-state index in [0.29, 0.717) is 5.15 Å². The fourth-order valence-corrected chi connectivity index (χ4v) is 2.48. The molecule has 1 aromatic heterocycles. The third-order valence-corrected chi connectivity index (χ3v) is 3.62. The Kier molecular flexibility index (Phi) is 3.06. The lowest BCUT2D eigenvalue weighted by Crippen LogP contribution is -2.27. The van der Waals surface area contributed by atoms with Crippen LogP contribution in [0.15, 0.2) is 24.3 Å². The summed E-state index contributed by atoms with van der Waals surface area (Å²) in [6.07, 6.45) is 1.18. The van der Waals surface area contributed by atoms with E-state index in [4.69, 9.17) is 16.3 Å². The maximum absolute atomic E-state index is 6.05. The minimum atomic E-state index is 0.196. The highest BCUT2D eigenvalue weighted by molar-refractivity contribution is 6.34. The van der Waals surface area contributed by atoms with Gasteiger partial charge < -0.3 is 10.1 Å². The second kappa shape index (κ2) is 4.71. The van der Waals surface area contributed by atoms with Crippen molar-refractivity contribution < 1.29 is 4.74 Å². The summed E-state index contributed by atoms with van der Waals surface area (Å²) in [5.41, 5.74) is 0. The van der Waals surface area contributed by atoms with Crippen LogP contribution in [0.5, 0.6) is 0 Å². The monoisotopic (exact) mass is 263 g/mol. The number of nitrogens with one attached hydrogen (secondary N) is 1. The molecule has 1 N–H and O–H groups in total. The Hall–Kier alpha value is -1.39. The lowest BCUT2D eigenvalue weighted by atomic mass is 10.1. The maximum Gasteiger partial charge on any atom is 0.159 e. The molecule has 5 heteroatoms. The highest BCUT2D eigenvalue weighted by Gasteiger charge is 2.25. The third-order valence-electron chi connectivity index (χ3n) is 3.34. The predicted octanol–water partition coefficient (Wildman–Crippen LogP) is 2.87. The van der Waals surface area contributed by atoms with Gasteiger partial charge in [0.25, 0.3) is 0 Å². The topological polar surface area (TPSA) is 47.0 Å². The van der Waals surface area contributed by atoms with Crippen molar-refractivity contribution in [1.29, 1.82) is 0 Å². The standard InChI is InChI=1S/C13H14ClN3O/c1-8-11(6-7-18-8)15-13-10-5-3-2-4-9(10)12(14)16-17-13/h2-5,8,11H,6-7H2,1H3,(H,15,17). The Labute approximate surface area is 110 Å². The number of hydrogen-bond donors (Lipinski definition) is 1. The zero-order valence-electron chi connectivity index (χ0n) is 10.1. The second-order valence-corrected chi connectivity index (χ2v) is 4.86. The Bertz CT molecular complexity index is 575. The molecule has 0 saturated carbocycles. The molecular weight excluding hydrogens is 250 g/mol. The van der Waals surface area contributed by atoms with Crippen molar-refractivity contribution in [2.45, 2.75) is 25.5 Å². The van der Waals surface area contributed by atoms with E-state index in [2.05, 4.69) is 22.4 Å². The average Bonchev–Trinajstić information content (AvgIpc) is 2.79. The van der Waals surface area contributed by atoms with E-state index in [1.54, 1.807) is 0 Å². The number of anilines is 1. The molecule has 0 radical (unpaired) electrons. The number of aromatic nitrogens is 2. The molecule has 2 unspecified atom stereocenters. The number of ether oxygens (including phenoxy) is 1. The summed E-state index contributed by atoms with van der Waals surface area (Å²) in [5, 5.41) is 13.9. The van der Waals surface area contributed by atoms with Crippen LogP contribution in [0.3, 0.4) is 0 Å². The Morgan fingerprint density at radius 2 is 2.06 bits per heavy atom. The first kappa shape index (κ1) is 11.7. The Morgan fingerprint density at radius 1 is 1.28 bits per heavy atom. The largest absolute Gasteiger partial charge is 0.376 e. The molecule has 2 atom stereocenters. The van der Waals surface area contributed by atoms with E-state index in [1.165, 1.54) is 0 Å². The molecule has 1 aromatic carbocycles. The van der Waals surface area contributed by atoms with Gasteiger partial charge >= 0.3 is 0 Å². The summed E-state index contributed by atoms with van der Waals surface area (Å²) in [6.45, 7) is 2.86. The van der Waals surface area contributed by atoms with Gasteiger partial charge in [-0.1, -0.05) is 35.9 Å². The minimum Gasteiger partial charge on any atom is -0.376 e. The van der Waals surface area contributed by atoms with Gasteiger partial charge in [0.15, 0.2) is 11.0 Å². The van der Waals surface area contributed by atoms with Crippen molar-refractivity contribution in [1.82, 2.24) is 10.2 Å². The van der Waals surface area contributed by atoms with Crippen molar-refractivity contribution in [3.05, 3.63) is 29.4 Å². The molecule has 1 saturated heterocycles. The second-order valence-electron chi connectivity index (χ2n) is 4.50. The van der Waals surface area contributed by atoms with Crippen LogP contribution in [0, 0.1) is 0 Å². The molecule has 2 heterocycles. The fraction of sp³-hybridized carbons (Fsp3) is 0.385. The van der Waals surface area contributed by atoms with Crippen LogP contribution >= 0.6 is 11.6 Å². The summed E-state index contributed by atoms with van der Waals surface area (Å²) in [4.78, 5) is 0. The van der Waals surface area contributed by atoms with Crippen molar-refractivity contribution >= 4 is 28.2 Å². The van der Waals surface area contributed by atoms with Crippen LogP contribution < -0.4 is 5.32 Å². The SMILES string of the molecule is CC1OCCC1Nc1nnc(Cl)c2ccccc12. The lowest BCUT2D eigenvalue weighted by Gasteiger charge is -2.17. The van der Waals surface area contributed by atoms with Crippen LogP contribution in [-0.2, 0) is 4.74 Å². The molecule has 94 valence electrons. The Balaban J connectivity index is 1.99. The van der Waals surface area contributed by atoms with E-state index < -0.39 is 0 Å². The molecule has 4 nitrogen and oxygen atoms in total. The van der Waals surface area contributed by atoms with E-state index in [0.717, 1.165) is 29.6 Å². The quantitative estimate of drug-likeness (QED) is 0.905. The number of hydrogen-bond acceptors (Lipinski definition) is 4. The molecule has 1 aliphatic heterocycles. The first-order valence-corrected chi connectivity index (χ1v) is 6.42. The number of rotatable bonds is 2. The molecule has 0 spiro atoms. The van der Waals surface area contributed by atoms with E-state index in [-0.39, 0.29) is 12.1 Å². The summed E-state index contributed by atoms with van der Waals surface area (Å²) < 4.78 is 5.54. The maximum atomic E-state index is 6.05. The van der Waals surface area contributed by atoms with Crippen LogP contribution in [0.2, 0.25) is 5.15 Å². The van der Waals surface area contributed by atoms with Gasteiger partial charge in [0.2, 0.25) is 0 Å². The number of halogens is 1. The smallest absolute Gasteiger partial charge is 0.159 e. The number of fused-ring (bicyclic) bond motifs is 1. The summed E-state index contributed by atoms with van der Waals surface area (Å²) in [6, 6.07) is 8.15. The number of benzene rings is 1. The van der Waals surface area contributed by atoms with Crippen LogP contribution in [0.4, 0.5) is 5.82 Å². The molecule has 3 rings (SSSR count). The number of nitrogens with zero attached hydrogens (tertiary/aromatic N) is 2. The molecule has 1 fully saturated rings. The zero-order chi connectivity index (χ0) is 12.5. The van der Waals surface area contributed by atoms with Crippen molar-refractivity contribution in [3.63, 3.8) is 0 Å². The molecule has 0 aliphatic carbocycles. The first-order chi connectivity index (χ1) is 8.75. The normalized spacial score (nSPS) is 23.4. The van der Waals surface area contributed by atoms with Gasteiger partial charge in [0, 0.05) is 17.4 Å².